The van der Waals surface area contributed by atoms with Crippen LogP contribution in [0.1, 0.15) is 19.3 Å². The number of amides is 1. The van der Waals surface area contributed by atoms with E-state index in [9.17, 15) is 4.79 Å². The lowest BCUT2D eigenvalue weighted by molar-refractivity contribution is 0.212. The second-order valence-corrected chi connectivity index (χ2v) is 2.71. The lowest BCUT2D eigenvalue weighted by atomic mass is 10.1. The summed E-state index contributed by atoms with van der Waals surface area (Å²) in [5.74, 6) is 0. The molecule has 10 heavy (non-hydrogen) atoms. The molecular formula is C6H12ClNOS. The molecule has 1 aliphatic heterocycles. The number of rotatable bonds is 0. The average molecular weight is 182 g/mol. The minimum atomic E-state index is -0.0744. The quantitative estimate of drug-likeness (QED) is 0.567. The van der Waals surface area contributed by atoms with E-state index in [4.69, 9.17) is 0 Å². The van der Waals surface area contributed by atoms with E-state index in [-0.39, 0.29) is 17.6 Å². The number of piperidine rings is 1. The third kappa shape index (κ3) is 2.80. The number of hydrogen-bond donors (Lipinski definition) is 1. The van der Waals surface area contributed by atoms with E-state index in [1.54, 1.807) is 4.90 Å². The summed E-state index contributed by atoms with van der Waals surface area (Å²) in [4.78, 5) is 12.4. The fraction of sp³-hybridized carbons (Fsp3) is 0.833. The van der Waals surface area contributed by atoms with Gasteiger partial charge in [0.2, 0.25) is 0 Å². The molecular weight excluding hydrogens is 170 g/mol. The summed E-state index contributed by atoms with van der Waals surface area (Å²) in [6.45, 7) is 1.81. The van der Waals surface area contributed by atoms with Crippen LogP contribution in [0.4, 0.5) is 4.79 Å². The number of carbonyl (C=O) groups is 1. The lowest BCUT2D eigenvalue weighted by Gasteiger charge is -2.24. The number of halogens is 1. The molecule has 0 aromatic heterocycles. The van der Waals surface area contributed by atoms with E-state index in [1.807, 2.05) is 0 Å². The van der Waals surface area contributed by atoms with Crippen LogP contribution in [0.3, 0.4) is 0 Å². The first-order valence-electron chi connectivity index (χ1n) is 3.28. The van der Waals surface area contributed by atoms with Gasteiger partial charge in [-0.05, 0) is 19.3 Å². The number of carbonyl (C=O) groups excluding carboxylic acids is 1. The number of hydrogen-bond acceptors (Lipinski definition) is 1. The van der Waals surface area contributed by atoms with Crippen molar-refractivity contribution in [3.05, 3.63) is 0 Å². The molecule has 1 aliphatic rings. The third-order valence-corrected chi connectivity index (χ3v) is 1.91. The Morgan fingerprint density at radius 2 is 1.70 bits per heavy atom. The first-order valence-corrected chi connectivity index (χ1v) is 3.73. The highest BCUT2D eigenvalue weighted by Crippen LogP contribution is 2.09. The maximum atomic E-state index is 10.6. The Labute approximate surface area is 72.8 Å². The van der Waals surface area contributed by atoms with E-state index >= 15 is 0 Å². The molecule has 0 unspecified atom stereocenters. The Hall–Kier alpha value is 0.110. The highest BCUT2D eigenvalue weighted by molar-refractivity contribution is 7.96. The lowest BCUT2D eigenvalue weighted by Crippen LogP contribution is -2.31. The van der Waals surface area contributed by atoms with Gasteiger partial charge in [-0.1, -0.05) is 12.6 Å². The predicted molar refractivity (Wildman–Crippen MR) is 47.1 cm³/mol. The van der Waals surface area contributed by atoms with Crippen molar-refractivity contribution in [2.75, 3.05) is 13.1 Å². The van der Waals surface area contributed by atoms with Crippen LogP contribution in [0.5, 0.6) is 0 Å². The monoisotopic (exact) mass is 181 g/mol. The summed E-state index contributed by atoms with van der Waals surface area (Å²) < 4.78 is 0. The molecule has 1 amide bonds. The number of nitrogens with zero attached hydrogens (tertiary/aromatic N) is 1. The Morgan fingerprint density at radius 3 is 2.00 bits per heavy atom. The molecule has 1 rings (SSSR count). The zero-order chi connectivity index (χ0) is 6.69. The molecule has 4 heteroatoms. The fourth-order valence-corrected chi connectivity index (χ4v) is 1.29. The van der Waals surface area contributed by atoms with E-state index < -0.39 is 0 Å². The van der Waals surface area contributed by atoms with E-state index in [0.717, 1.165) is 25.9 Å². The number of thiol groups is 1. The predicted octanol–water partition coefficient (Wildman–Crippen LogP) is 1.94. The van der Waals surface area contributed by atoms with Gasteiger partial charge < -0.3 is 4.90 Å². The van der Waals surface area contributed by atoms with Crippen LogP contribution in [-0.4, -0.2) is 23.2 Å². The first kappa shape index (κ1) is 10.1. The van der Waals surface area contributed by atoms with Crippen molar-refractivity contribution in [1.82, 2.24) is 4.90 Å². The molecule has 0 aliphatic carbocycles. The Bertz CT molecular complexity index is 114. The van der Waals surface area contributed by atoms with Crippen LogP contribution >= 0.6 is 25.0 Å². The molecule has 0 radical (unpaired) electrons. The molecule has 0 aromatic carbocycles. The highest BCUT2D eigenvalue weighted by Gasteiger charge is 2.11. The second kappa shape index (κ2) is 4.85. The Balaban J connectivity index is 0.000000810. The SMILES string of the molecule is Cl.O=C(S)N1CCCCC1. The van der Waals surface area contributed by atoms with Crippen LogP contribution in [0.2, 0.25) is 0 Å². The third-order valence-electron chi connectivity index (χ3n) is 1.63. The maximum absolute atomic E-state index is 10.6. The maximum Gasteiger partial charge on any atom is 0.278 e. The van der Waals surface area contributed by atoms with Crippen molar-refractivity contribution in [2.45, 2.75) is 19.3 Å². The minimum absolute atomic E-state index is 0. The normalized spacial score (nSPS) is 17.9. The number of likely N-dealkylation sites (tertiary alicyclic amines) is 1. The molecule has 0 aromatic rings. The summed E-state index contributed by atoms with van der Waals surface area (Å²) in [6, 6.07) is 0. The average Bonchev–Trinajstić information content (AvgIpc) is 1.90. The molecule has 1 saturated heterocycles. The zero-order valence-corrected chi connectivity index (χ0v) is 7.46. The molecule has 0 bridgehead atoms. The summed E-state index contributed by atoms with van der Waals surface area (Å²) in [6.07, 6.45) is 3.55. The summed E-state index contributed by atoms with van der Waals surface area (Å²) in [5.41, 5.74) is 0. The highest BCUT2D eigenvalue weighted by atomic mass is 35.5. The van der Waals surface area contributed by atoms with Crippen LogP contribution < -0.4 is 0 Å². The molecule has 0 N–H and O–H groups in total. The molecule has 1 fully saturated rings. The van der Waals surface area contributed by atoms with Crippen LogP contribution in [0.15, 0.2) is 0 Å². The Kier molecular flexibility index (Phi) is 4.91. The molecule has 0 saturated carbocycles. The fourth-order valence-electron chi connectivity index (χ4n) is 1.09. The zero-order valence-electron chi connectivity index (χ0n) is 5.75. The molecule has 2 nitrogen and oxygen atoms in total. The van der Waals surface area contributed by atoms with Gasteiger partial charge in [0.15, 0.2) is 0 Å². The van der Waals surface area contributed by atoms with Gasteiger partial charge >= 0.3 is 0 Å². The van der Waals surface area contributed by atoms with Crippen molar-refractivity contribution >= 4 is 30.3 Å². The van der Waals surface area contributed by atoms with Crippen LogP contribution in [0, 0.1) is 0 Å². The van der Waals surface area contributed by atoms with Crippen LogP contribution in [-0.2, 0) is 0 Å². The summed E-state index contributed by atoms with van der Waals surface area (Å²) in [7, 11) is 0. The van der Waals surface area contributed by atoms with Gasteiger partial charge in [-0.3, -0.25) is 4.79 Å². The Morgan fingerprint density at radius 1 is 1.20 bits per heavy atom. The van der Waals surface area contributed by atoms with Gasteiger partial charge in [-0.2, -0.15) is 0 Å². The molecule has 60 valence electrons. The van der Waals surface area contributed by atoms with Crippen molar-refractivity contribution in [1.29, 1.82) is 0 Å². The van der Waals surface area contributed by atoms with E-state index in [2.05, 4.69) is 12.6 Å². The van der Waals surface area contributed by atoms with Crippen molar-refractivity contribution in [2.24, 2.45) is 0 Å². The van der Waals surface area contributed by atoms with Crippen molar-refractivity contribution in [3.8, 4) is 0 Å². The van der Waals surface area contributed by atoms with Gasteiger partial charge in [0, 0.05) is 13.1 Å². The van der Waals surface area contributed by atoms with Crippen molar-refractivity contribution < 1.29 is 4.79 Å². The topological polar surface area (TPSA) is 20.3 Å². The van der Waals surface area contributed by atoms with Gasteiger partial charge in [0.05, 0.1) is 0 Å². The van der Waals surface area contributed by atoms with Gasteiger partial charge in [0.25, 0.3) is 5.24 Å². The summed E-state index contributed by atoms with van der Waals surface area (Å²) in [5, 5.41) is -0.0744. The van der Waals surface area contributed by atoms with Gasteiger partial charge in [-0.15, -0.1) is 12.4 Å². The van der Waals surface area contributed by atoms with Crippen LogP contribution in [0.25, 0.3) is 0 Å². The minimum Gasteiger partial charge on any atom is -0.334 e. The molecule has 1 heterocycles. The van der Waals surface area contributed by atoms with Crippen molar-refractivity contribution in [3.63, 3.8) is 0 Å². The van der Waals surface area contributed by atoms with Gasteiger partial charge in [0.1, 0.15) is 0 Å². The first-order chi connectivity index (χ1) is 4.30. The van der Waals surface area contributed by atoms with E-state index in [0.29, 0.717) is 0 Å². The summed E-state index contributed by atoms with van der Waals surface area (Å²) >= 11 is 3.73. The smallest absolute Gasteiger partial charge is 0.278 e. The van der Waals surface area contributed by atoms with Gasteiger partial charge in [-0.25, -0.2) is 0 Å². The standard InChI is InChI=1S/C6H11NOS.ClH/c8-6(9)7-4-2-1-3-5-7;/h1-5H2,(H,8,9);1H. The molecule has 0 spiro atoms. The van der Waals surface area contributed by atoms with E-state index in [1.165, 1.54) is 6.42 Å². The molecule has 0 atom stereocenters. The largest absolute Gasteiger partial charge is 0.334 e. The second-order valence-electron chi connectivity index (χ2n) is 2.33.